The molecule has 0 aliphatic rings. The van der Waals surface area contributed by atoms with Crippen molar-refractivity contribution in [3.8, 4) is 0 Å². The van der Waals surface area contributed by atoms with Gasteiger partial charge in [0.1, 0.15) is 0 Å². The average Bonchev–Trinajstić information content (AvgIpc) is 2.18. The van der Waals surface area contributed by atoms with Crippen LogP contribution < -0.4 is 11.1 Å². The Hall–Kier alpha value is -1.35. The van der Waals surface area contributed by atoms with Crippen molar-refractivity contribution >= 4 is 11.6 Å². The largest absolute Gasteiger partial charge is 0.325 e. The predicted molar refractivity (Wildman–Crippen MR) is 62.8 cm³/mol. The first-order chi connectivity index (χ1) is 7.00. The molecule has 0 radical (unpaired) electrons. The zero-order valence-electron chi connectivity index (χ0n) is 9.45. The number of carbonyl (C=O) groups is 1. The van der Waals surface area contributed by atoms with Gasteiger partial charge in [0, 0.05) is 5.69 Å². The summed E-state index contributed by atoms with van der Waals surface area (Å²) in [5.74, 6) is 0.299. The fourth-order valence-electron chi connectivity index (χ4n) is 1.23. The van der Waals surface area contributed by atoms with Gasteiger partial charge in [0.2, 0.25) is 5.91 Å². The number of hydrogen-bond acceptors (Lipinski definition) is 2. The molecule has 3 N–H and O–H groups in total. The summed E-state index contributed by atoms with van der Waals surface area (Å²) < 4.78 is 0. The second-order valence-electron chi connectivity index (χ2n) is 4.06. The van der Waals surface area contributed by atoms with E-state index in [9.17, 15) is 4.79 Å². The third kappa shape index (κ3) is 3.36. The van der Waals surface area contributed by atoms with Gasteiger partial charge in [-0.3, -0.25) is 4.79 Å². The lowest BCUT2D eigenvalue weighted by atomic mass is 10.0. The molecule has 1 rings (SSSR count). The van der Waals surface area contributed by atoms with Gasteiger partial charge in [-0.15, -0.1) is 0 Å². The quantitative estimate of drug-likeness (QED) is 0.795. The Bertz CT molecular complexity index is 345. The van der Waals surface area contributed by atoms with Crippen LogP contribution in [-0.2, 0) is 4.79 Å². The number of carbonyl (C=O) groups excluding carboxylic acids is 1. The van der Waals surface area contributed by atoms with Crippen LogP contribution in [0.2, 0.25) is 0 Å². The maximum atomic E-state index is 11.4. The summed E-state index contributed by atoms with van der Waals surface area (Å²) in [6.45, 7) is 5.90. The van der Waals surface area contributed by atoms with Crippen molar-refractivity contribution < 1.29 is 4.79 Å². The fourth-order valence-corrected chi connectivity index (χ4v) is 1.23. The van der Waals surface area contributed by atoms with Crippen LogP contribution in [0.15, 0.2) is 24.3 Å². The van der Waals surface area contributed by atoms with Crippen LogP contribution in [0.4, 0.5) is 5.69 Å². The van der Waals surface area contributed by atoms with Crippen LogP contribution in [-0.4, -0.2) is 11.9 Å². The highest BCUT2D eigenvalue weighted by molar-refractivity contribution is 5.94. The maximum Gasteiger partial charge on any atom is 0.240 e. The van der Waals surface area contributed by atoms with E-state index < -0.39 is 6.04 Å². The monoisotopic (exact) mass is 206 g/mol. The van der Waals surface area contributed by atoms with Crippen molar-refractivity contribution in [1.82, 2.24) is 0 Å². The van der Waals surface area contributed by atoms with Crippen molar-refractivity contribution in [2.45, 2.75) is 32.7 Å². The molecule has 0 aliphatic heterocycles. The molecule has 0 unspecified atom stereocenters. The molecule has 0 fully saturated rings. The van der Waals surface area contributed by atoms with E-state index in [1.165, 1.54) is 5.56 Å². The molecular formula is C12H18N2O. The summed E-state index contributed by atoms with van der Waals surface area (Å²) >= 11 is 0. The van der Waals surface area contributed by atoms with Gasteiger partial charge in [-0.2, -0.15) is 0 Å². The molecule has 1 aromatic carbocycles. The molecule has 0 saturated carbocycles. The summed E-state index contributed by atoms with van der Waals surface area (Å²) in [7, 11) is 0. The van der Waals surface area contributed by atoms with Crippen molar-refractivity contribution in [3.63, 3.8) is 0 Å². The van der Waals surface area contributed by atoms with Crippen molar-refractivity contribution in [2.24, 2.45) is 5.73 Å². The fraction of sp³-hybridized carbons (Fsp3) is 0.417. The van der Waals surface area contributed by atoms with Crippen LogP contribution in [0, 0.1) is 0 Å². The Morgan fingerprint density at radius 2 is 2.00 bits per heavy atom. The first-order valence-electron chi connectivity index (χ1n) is 5.17. The molecule has 1 amide bonds. The van der Waals surface area contributed by atoms with E-state index in [-0.39, 0.29) is 5.91 Å². The predicted octanol–water partition coefficient (Wildman–Crippen LogP) is 2.10. The van der Waals surface area contributed by atoms with E-state index in [0.717, 1.165) is 5.69 Å². The minimum absolute atomic E-state index is 0.157. The number of rotatable bonds is 3. The van der Waals surface area contributed by atoms with Gasteiger partial charge in [-0.25, -0.2) is 0 Å². The molecule has 82 valence electrons. The second-order valence-corrected chi connectivity index (χ2v) is 4.06. The van der Waals surface area contributed by atoms with Gasteiger partial charge in [0.15, 0.2) is 0 Å². The van der Waals surface area contributed by atoms with Gasteiger partial charge < -0.3 is 11.1 Å². The molecular weight excluding hydrogens is 188 g/mol. The van der Waals surface area contributed by atoms with Gasteiger partial charge in [-0.05, 0) is 30.5 Å². The van der Waals surface area contributed by atoms with Crippen molar-refractivity contribution in [2.75, 3.05) is 5.32 Å². The lowest BCUT2D eigenvalue weighted by molar-refractivity contribution is -0.117. The van der Waals surface area contributed by atoms with Crippen LogP contribution in [0.5, 0.6) is 0 Å². The molecule has 0 spiro atoms. The summed E-state index contributed by atoms with van der Waals surface area (Å²) in [5, 5.41) is 2.77. The number of hydrogen-bond donors (Lipinski definition) is 2. The van der Waals surface area contributed by atoms with Crippen LogP contribution in [0.3, 0.4) is 0 Å². The molecule has 3 heteroatoms. The third-order valence-electron chi connectivity index (χ3n) is 2.23. The highest BCUT2D eigenvalue weighted by Gasteiger charge is 2.07. The number of anilines is 1. The summed E-state index contributed by atoms with van der Waals surface area (Å²) in [6.07, 6.45) is 0. The summed E-state index contributed by atoms with van der Waals surface area (Å²) in [6, 6.07) is 7.35. The minimum Gasteiger partial charge on any atom is -0.325 e. The summed E-state index contributed by atoms with van der Waals surface area (Å²) in [5.41, 5.74) is 7.48. The molecule has 0 aromatic heterocycles. The van der Waals surface area contributed by atoms with Gasteiger partial charge in [0.05, 0.1) is 6.04 Å². The van der Waals surface area contributed by atoms with E-state index in [0.29, 0.717) is 5.92 Å². The second kappa shape index (κ2) is 4.94. The molecule has 0 saturated heterocycles. The Labute approximate surface area is 90.7 Å². The Morgan fingerprint density at radius 3 is 2.53 bits per heavy atom. The molecule has 3 nitrogen and oxygen atoms in total. The molecule has 1 atom stereocenters. The Kier molecular flexibility index (Phi) is 3.86. The Morgan fingerprint density at radius 1 is 1.33 bits per heavy atom. The zero-order valence-corrected chi connectivity index (χ0v) is 9.45. The number of nitrogens with one attached hydrogen (secondary N) is 1. The third-order valence-corrected chi connectivity index (χ3v) is 2.23. The molecule has 0 heterocycles. The van der Waals surface area contributed by atoms with Gasteiger partial charge in [-0.1, -0.05) is 26.0 Å². The lowest BCUT2D eigenvalue weighted by Crippen LogP contribution is -2.32. The smallest absolute Gasteiger partial charge is 0.240 e. The maximum absolute atomic E-state index is 11.4. The molecule has 0 bridgehead atoms. The highest BCUT2D eigenvalue weighted by Crippen LogP contribution is 2.18. The normalized spacial score (nSPS) is 12.6. The van der Waals surface area contributed by atoms with Gasteiger partial charge >= 0.3 is 0 Å². The zero-order chi connectivity index (χ0) is 11.4. The standard InChI is InChI=1S/C12H18N2O/c1-8(2)10-5-4-6-11(7-10)14-12(15)9(3)13/h4-9H,13H2,1-3H3,(H,14,15)/t9-/m1/s1. The van der Waals surface area contributed by atoms with E-state index in [1.807, 2.05) is 24.3 Å². The highest BCUT2D eigenvalue weighted by atomic mass is 16.2. The van der Waals surface area contributed by atoms with Crippen molar-refractivity contribution in [3.05, 3.63) is 29.8 Å². The number of nitrogens with two attached hydrogens (primary N) is 1. The lowest BCUT2D eigenvalue weighted by Gasteiger charge is -2.10. The molecule has 0 aliphatic carbocycles. The van der Waals surface area contributed by atoms with Crippen LogP contribution in [0.1, 0.15) is 32.3 Å². The topological polar surface area (TPSA) is 55.1 Å². The Balaban J connectivity index is 2.78. The average molecular weight is 206 g/mol. The van der Waals surface area contributed by atoms with E-state index in [1.54, 1.807) is 6.92 Å². The first-order valence-corrected chi connectivity index (χ1v) is 5.17. The SMILES string of the molecule is CC(C)c1cccc(NC(=O)[C@@H](C)N)c1. The van der Waals surface area contributed by atoms with Gasteiger partial charge in [0.25, 0.3) is 0 Å². The van der Waals surface area contributed by atoms with E-state index >= 15 is 0 Å². The number of amides is 1. The number of benzene rings is 1. The minimum atomic E-state index is -0.479. The van der Waals surface area contributed by atoms with E-state index in [4.69, 9.17) is 5.73 Å². The molecule has 1 aromatic rings. The first kappa shape index (κ1) is 11.7. The van der Waals surface area contributed by atoms with Crippen molar-refractivity contribution in [1.29, 1.82) is 0 Å². The van der Waals surface area contributed by atoms with Crippen LogP contribution >= 0.6 is 0 Å². The summed E-state index contributed by atoms with van der Waals surface area (Å²) in [4.78, 5) is 11.4. The molecule has 15 heavy (non-hydrogen) atoms. The van der Waals surface area contributed by atoms with E-state index in [2.05, 4.69) is 19.2 Å². The van der Waals surface area contributed by atoms with Crippen LogP contribution in [0.25, 0.3) is 0 Å².